The van der Waals surface area contributed by atoms with E-state index in [-0.39, 0.29) is 23.5 Å². The molecule has 10 heteroatoms. The number of nitrogens with one attached hydrogen (secondary N) is 1. The Morgan fingerprint density at radius 1 is 1.11 bits per heavy atom. The van der Waals surface area contributed by atoms with Crippen LogP contribution < -0.4 is 5.32 Å². The minimum Gasteiger partial charge on any atom is -0.772 e. The van der Waals surface area contributed by atoms with Crippen molar-refractivity contribution in [3.8, 4) is 0 Å². The Morgan fingerprint density at radius 2 is 1.78 bits per heavy atom. The number of anilines is 1. The SMILES string of the molecule is CCC1CC(C=O)N(Cc2ccc(NC(=O)c3ncccn3)cc2)N=C1c1ccc(CS(=O)[O-])cc1. The van der Waals surface area contributed by atoms with E-state index in [4.69, 9.17) is 5.10 Å². The fourth-order valence-electron chi connectivity index (χ4n) is 4.14. The first-order valence-electron chi connectivity index (χ1n) is 11.6. The highest BCUT2D eigenvalue weighted by Gasteiger charge is 2.30. The molecule has 1 aliphatic rings. The first-order valence-corrected chi connectivity index (χ1v) is 12.8. The molecule has 0 saturated heterocycles. The third-order valence-electron chi connectivity index (χ3n) is 6.04. The van der Waals surface area contributed by atoms with E-state index >= 15 is 0 Å². The summed E-state index contributed by atoms with van der Waals surface area (Å²) in [6.45, 7) is 2.49. The number of carbonyl (C=O) groups excluding carboxylic acids is 2. The summed E-state index contributed by atoms with van der Waals surface area (Å²) >= 11 is -2.14. The summed E-state index contributed by atoms with van der Waals surface area (Å²) in [5.74, 6) is -0.218. The first-order chi connectivity index (χ1) is 17.5. The molecule has 3 unspecified atom stereocenters. The van der Waals surface area contributed by atoms with Crippen LogP contribution in [0.2, 0.25) is 0 Å². The van der Waals surface area contributed by atoms with Crippen molar-refractivity contribution in [2.45, 2.75) is 38.1 Å². The van der Waals surface area contributed by atoms with Crippen molar-refractivity contribution < 1.29 is 18.4 Å². The Labute approximate surface area is 212 Å². The number of aldehydes is 1. The van der Waals surface area contributed by atoms with Gasteiger partial charge in [-0.2, -0.15) is 5.10 Å². The zero-order chi connectivity index (χ0) is 25.5. The molecule has 1 N–H and O–H groups in total. The van der Waals surface area contributed by atoms with Crippen LogP contribution in [0.3, 0.4) is 0 Å². The average molecular weight is 505 g/mol. The maximum absolute atomic E-state index is 12.3. The van der Waals surface area contributed by atoms with Gasteiger partial charge in [-0.25, -0.2) is 9.97 Å². The van der Waals surface area contributed by atoms with Crippen LogP contribution in [0.25, 0.3) is 0 Å². The van der Waals surface area contributed by atoms with Gasteiger partial charge in [-0.3, -0.25) is 14.0 Å². The van der Waals surface area contributed by atoms with Crippen molar-refractivity contribution in [3.63, 3.8) is 0 Å². The summed E-state index contributed by atoms with van der Waals surface area (Å²) in [6, 6.07) is 16.0. The normalized spacial score (nSPS) is 18.3. The Hall–Kier alpha value is -3.76. The number of nitrogens with zero attached hydrogens (tertiary/aromatic N) is 4. The third kappa shape index (κ3) is 6.27. The predicted molar refractivity (Wildman–Crippen MR) is 136 cm³/mol. The molecule has 36 heavy (non-hydrogen) atoms. The fourth-order valence-corrected chi connectivity index (χ4v) is 4.61. The van der Waals surface area contributed by atoms with E-state index in [0.717, 1.165) is 29.5 Å². The van der Waals surface area contributed by atoms with E-state index in [9.17, 15) is 18.4 Å². The van der Waals surface area contributed by atoms with Crippen LogP contribution in [0.4, 0.5) is 5.69 Å². The van der Waals surface area contributed by atoms with Crippen LogP contribution in [0, 0.1) is 5.92 Å². The van der Waals surface area contributed by atoms with Crippen molar-refractivity contribution in [2.75, 3.05) is 5.32 Å². The summed E-state index contributed by atoms with van der Waals surface area (Å²) in [4.78, 5) is 32.1. The van der Waals surface area contributed by atoms with Gasteiger partial charge in [-0.05, 0) is 47.7 Å². The lowest BCUT2D eigenvalue weighted by Crippen LogP contribution is -2.41. The summed E-state index contributed by atoms with van der Waals surface area (Å²) in [5.41, 5.74) is 4.05. The standard InChI is InChI=1S/C26H27N5O4S/c1-2-20-14-23(16-32)31(30-24(20)21-8-4-19(5-9-21)17-36(34)35)15-18-6-10-22(11-7-18)29-26(33)25-27-12-3-13-28-25/h3-13,16,20,23H,2,14-15,17H2,1H3,(H,29,33)(H,34,35)/p-1. The lowest BCUT2D eigenvalue weighted by molar-refractivity contribution is -0.113. The Morgan fingerprint density at radius 3 is 2.39 bits per heavy atom. The van der Waals surface area contributed by atoms with E-state index < -0.39 is 17.0 Å². The molecule has 2 aromatic carbocycles. The fraction of sp³-hybridized carbons (Fsp3) is 0.269. The summed E-state index contributed by atoms with van der Waals surface area (Å²) < 4.78 is 22.0. The monoisotopic (exact) mass is 504 g/mol. The molecule has 1 amide bonds. The van der Waals surface area contributed by atoms with Crippen LogP contribution in [0.15, 0.2) is 72.1 Å². The highest BCUT2D eigenvalue weighted by atomic mass is 32.2. The van der Waals surface area contributed by atoms with E-state index in [0.29, 0.717) is 24.2 Å². The molecule has 9 nitrogen and oxygen atoms in total. The highest BCUT2D eigenvalue weighted by Crippen LogP contribution is 2.28. The van der Waals surface area contributed by atoms with Crippen molar-refractivity contribution in [1.29, 1.82) is 0 Å². The number of hydrogen-bond acceptors (Lipinski definition) is 8. The van der Waals surface area contributed by atoms with Gasteiger partial charge in [-0.15, -0.1) is 0 Å². The molecule has 0 aliphatic carbocycles. The lowest BCUT2D eigenvalue weighted by atomic mass is 9.87. The molecular weight excluding hydrogens is 478 g/mol. The van der Waals surface area contributed by atoms with Gasteiger partial charge in [0.2, 0.25) is 5.82 Å². The largest absolute Gasteiger partial charge is 0.772 e. The van der Waals surface area contributed by atoms with Gasteiger partial charge in [0.15, 0.2) is 0 Å². The molecule has 2 heterocycles. The number of rotatable bonds is 9. The quantitative estimate of drug-likeness (QED) is 0.350. The molecule has 0 fully saturated rings. The van der Waals surface area contributed by atoms with Gasteiger partial charge in [0.25, 0.3) is 5.91 Å². The molecule has 1 aliphatic heterocycles. The molecule has 0 bridgehead atoms. The molecular formula is C26H26N5O4S-. The minimum absolute atomic E-state index is 0.0296. The Kier molecular flexibility index (Phi) is 8.29. The maximum atomic E-state index is 12.3. The number of hydrazone groups is 1. The van der Waals surface area contributed by atoms with Gasteiger partial charge in [0.05, 0.1) is 12.3 Å². The van der Waals surface area contributed by atoms with E-state index in [1.54, 1.807) is 35.3 Å². The molecule has 3 aromatic rings. The van der Waals surface area contributed by atoms with Crippen LogP contribution in [-0.4, -0.2) is 47.7 Å². The Balaban J connectivity index is 1.50. The van der Waals surface area contributed by atoms with Gasteiger partial charge in [0, 0.05) is 29.8 Å². The van der Waals surface area contributed by atoms with Crippen molar-refractivity contribution >= 4 is 34.7 Å². The summed E-state index contributed by atoms with van der Waals surface area (Å²) in [6.07, 6.45) is 5.44. The van der Waals surface area contributed by atoms with Gasteiger partial charge < -0.3 is 14.7 Å². The summed E-state index contributed by atoms with van der Waals surface area (Å²) in [7, 11) is 0. The maximum Gasteiger partial charge on any atom is 0.293 e. The van der Waals surface area contributed by atoms with Crippen molar-refractivity contribution in [2.24, 2.45) is 11.0 Å². The average Bonchev–Trinajstić information content (AvgIpc) is 2.90. The predicted octanol–water partition coefficient (Wildman–Crippen LogP) is 3.31. The van der Waals surface area contributed by atoms with Crippen LogP contribution in [0.5, 0.6) is 0 Å². The number of carbonyl (C=O) groups is 2. The van der Waals surface area contributed by atoms with Crippen LogP contribution >= 0.6 is 0 Å². The number of aromatic nitrogens is 2. The van der Waals surface area contributed by atoms with E-state index in [1.165, 1.54) is 12.4 Å². The molecule has 3 atom stereocenters. The first kappa shape index (κ1) is 25.3. The molecule has 186 valence electrons. The minimum atomic E-state index is -2.14. The molecule has 0 radical (unpaired) electrons. The molecule has 0 spiro atoms. The number of hydrogen-bond donors (Lipinski definition) is 1. The van der Waals surface area contributed by atoms with Crippen molar-refractivity contribution in [1.82, 2.24) is 15.0 Å². The zero-order valence-electron chi connectivity index (χ0n) is 19.7. The second-order valence-electron chi connectivity index (χ2n) is 8.50. The van der Waals surface area contributed by atoms with Gasteiger partial charge in [-0.1, -0.05) is 54.4 Å². The smallest absolute Gasteiger partial charge is 0.293 e. The molecule has 0 saturated carbocycles. The second kappa shape index (κ2) is 11.8. The highest BCUT2D eigenvalue weighted by molar-refractivity contribution is 7.78. The molecule has 4 rings (SSSR count). The number of amides is 1. The lowest BCUT2D eigenvalue weighted by Gasteiger charge is -2.35. The molecule has 1 aromatic heterocycles. The summed E-state index contributed by atoms with van der Waals surface area (Å²) in [5, 5.41) is 9.42. The zero-order valence-corrected chi connectivity index (χ0v) is 20.6. The Bertz CT molecular complexity index is 1250. The van der Waals surface area contributed by atoms with Gasteiger partial charge >= 0.3 is 0 Å². The third-order valence-corrected chi connectivity index (χ3v) is 6.61. The number of benzene rings is 2. The second-order valence-corrected chi connectivity index (χ2v) is 9.39. The van der Waals surface area contributed by atoms with E-state index in [2.05, 4.69) is 22.2 Å². The topological polar surface area (TPSA) is 128 Å². The van der Waals surface area contributed by atoms with Gasteiger partial charge in [0.1, 0.15) is 12.3 Å². The van der Waals surface area contributed by atoms with Crippen LogP contribution in [0.1, 0.15) is 47.1 Å². The van der Waals surface area contributed by atoms with E-state index in [1.807, 2.05) is 24.3 Å². The van der Waals surface area contributed by atoms with Crippen molar-refractivity contribution in [3.05, 3.63) is 89.5 Å². The van der Waals surface area contributed by atoms with Crippen LogP contribution in [-0.2, 0) is 28.2 Å².